The van der Waals surface area contributed by atoms with Crippen molar-refractivity contribution in [3.8, 4) is 17.6 Å². The van der Waals surface area contributed by atoms with Gasteiger partial charge in [-0.05, 0) is 37.8 Å². The molecule has 3 heteroatoms. The molecule has 1 aromatic carbocycles. The first-order valence-electron chi connectivity index (χ1n) is 6.58. The summed E-state index contributed by atoms with van der Waals surface area (Å²) in [6.07, 6.45) is 7.51. The molecule has 0 amide bonds. The van der Waals surface area contributed by atoms with Crippen LogP contribution in [-0.4, -0.2) is 13.2 Å². The summed E-state index contributed by atoms with van der Waals surface area (Å²) in [5, 5.41) is 8.93. The number of nitrogens with zero attached hydrogens (tertiary/aromatic N) is 1. The van der Waals surface area contributed by atoms with Crippen LogP contribution in [0.1, 0.15) is 44.1 Å². The van der Waals surface area contributed by atoms with Crippen molar-refractivity contribution >= 4 is 0 Å². The monoisotopic (exact) mass is 245 g/mol. The van der Waals surface area contributed by atoms with Crippen LogP contribution in [0.15, 0.2) is 18.2 Å². The van der Waals surface area contributed by atoms with Crippen molar-refractivity contribution in [2.45, 2.75) is 44.6 Å². The Morgan fingerprint density at radius 1 is 1.11 bits per heavy atom. The second kappa shape index (κ2) is 6.30. The van der Waals surface area contributed by atoms with Gasteiger partial charge in [-0.25, -0.2) is 0 Å². The van der Waals surface area contributed by atoms with Crippen molar-refractivity contribution in [3.63, 3.8) is 0 Å². The molecule has 0 unspecified atom stereocenters. The predicted molar refractivity (Wildman–Crippen MR) is 69.8 cm³/mol. The van der Waals surface area contributed by atoms with Crippen LogP contribution >= 0.6 is 0 Å². The van der Waals surface area contributed by atoms with Crippen LogP contribution < -0.4 is 9.47 Å². The molecule has 0 radical (unpaired) electrons. The molecule has 1 aliphatic carbocycles. The minimum atomic E-state index is 0.260. The lowest BCUT2D eigenvalue weighted by Gasteiger charge is -2.18. The first-order valence-corrected chi connectivity index (χ1v) is 6.58. The van der Waals surface area contributed by atoms with Crippen LogP contribution in [0.25, 0.3) is 0 Å². The largest absolute Gasteiger partial charge is 0.493 e. The summed E-state index contributed by atoms with van der Waals surface area (Å²) in [6, 6.07) is 7.45. The predicted octanol–water partition coefficient (Wildman–Crippen LogP) is 3.67. The van der Waals surface area contributed by atoms with Gasteiger partial charge in [0.1, 0.15) is 0 Å². The van der Waals surface area contributed by atoms with E-state index in [2.05, 4.69) is 6.07 Å². The summed E-state index contributed by atoms with van der Waals surface area (Å²) in [7, 11) is 1.63. The molecule has 0 bridgehead atoms. The average molecular weight is 245 g/mol. The zero-order valence-corrected chi connectivity index (χ0v) is 10.8. The minimum Gasteiger partial charge on any atom is -0.493 e. The van der Waals surface area contributed by atoms with Crippen molar-refractivity contribution in [2.75, 3.05) is 7.11 Å². The molecule has 1 fully saturated rings. The highest BCUT2D eigenvalue weighted by atomic mass is 16.5. The highest BCUT2D eigenvalue weighted by Gasteiger charge is 2.16. The normalized spacial score (nSPS) is 16.7. The fourth-order valence-corrected chi connectivity index (χ4v) is 2.38. The summed E-state index contributed by atoms with van der Waals surface area (Å²) in [4.78, 5) is 0. The smallest absolute Gasteiger partial charge is 0.162 e. The molecule has 0 spiro atoms. The second-order valence-electron chi connectivity index (χ2n) is 4.71. The van der Waals surface area contributed by atoms with E-state index in [0.717, 1.165) is 12.8 Å². The van der Waals surface area contributed by atoms with E-state index in [4.69, 9.17) is 14.7 Å². The molecule has 0 atom stereocenters. The maximum Gasteiger partial charge on any atom is 0.162 e. The van der Waals surface area contributed by atoms with E-state index in [0.29, 0.717) is 17.1 Å². The van der Waals surface area contributed by atoms with Crippen LogP contribution in [0.3, 0.4) is 0 Å². The van der Waals surface area contributed by atoms with Crippen LogP contribution in [0, 0.1) is 11.3 Å². The SMILES string of the molecule is COc1ccc(C#N)cc1OC1CCCCCC1. The zero-order valence-electron chi connectivity index (χ0n) is 10.8. The van der Waals surface area contributed by atoms with Crippen LogP contribution in [-0.2, 0) is 0 Å². The van der Waals surface area contributed by atoms with Gasteiger partial charge < -0.3 is 9.47 Å². The lowest BCUT2D eigenvalue weighted by Crippen LogP contribution is -2.15. The Balaban J connectivity index is 2.13. The molecule has 96 valence electrons. The van der Waals surface area contributed by atoms with Crippen LogP contribution in [0.2, 0.25) is 0 Å². The fraction of sp³-hybridized carbons (Fsp3) is 0.533. The molecule has 1 saturated carbocycles. The Morgan fingerprint density at radius 2 is 1.83 bits per heavy atom. The van der Waals surface area contributed by atoms with Gasteiger partial charge in [-0.1, -0.05) is 12.8 Å². The Morgan fingerprint density at radius 3 is 2.44 bits per heavy atom. The van der Waals surface area contributed by atoms with Crippen molar-refractivity contribution < 1.29 is 9.47 Å². The Hall–Kier alpha value is -1.69. The molecule has 2 rings (SSSR count). The molecule has 0 N–H and O–H groups in total. The molecule has 0 aromatic heterocycles. The third-order valence-electron chi connectivity index (χ3n) is 3.39. The van der Waals surface area contributed by atoms with Gasteiger partial charge in [0.05, 0.1) is 24.8 Å². The first-order chi connectivity index (χ1) is 8.83. The number of methoxy groups -OCH3 is 1. The number of nitriles is 1. The maximum atomic E-state index is 8.93. The van der Waals surface area contributed by atoms with Gasteiger partial charge in [-0.2, -0.15) is 5.26 Å². The standard InChI is InChI=1S/C15H19NO2/c1-17-14-9-8-12(11-16)10-15(14)18-13-6-4-2-3-5-7-13/h8-10,13H,2-7H2,1H3. The Kier molecular flexibility index (Phi) is 4.46. The van der Waals surface area contributed by atoms with Gasteiger partial charge in [0, 0.05) is 6.07 Å². The van der Waals surface area contributed by atoms with E-state index in [1.165, 1.54) is 25.7 Å². The molecule has 1 aliphatic rings. The minimum absolute atomic E-state index is 0.260. The van der Waals surface area contributed by atoms with Crippen LogP contribution in [0.5, 0.6) is 11.5 Å². The molecular formula is C15H19NO2. The van der Waals surface area contributed by atoms with Gasteiger partial charge in [-0.15, -0.1) is 0 Å². The number of hydrogen-bond acceptors (Lipinski definition) is 3. The highest BCUT2D eigenvalue weighted by molar-refractivity contribution is 5.46. The van der Waals surface area contributed by atoms with E-state index in [9.17, 15) is 0 Å². The highest BCUT2D eigenvalue weighted by Crippen LogP contribution is 2.31. The van der Waals surface area contributed by atoms with E-state index < -0.39 is 0 Å². The summed E-state index contributed by atoms with van der Waals surface area (Å²) in [5.41, 5.74) is 0.611. The van der Waals surface area contributed by atoms with Crippen molar-refractivity contribution in [2.24, 2.45) is 0 Å². The lowest BCUT2D eigenvalue weighted by atomic mass is 10.1. The molecule has 0 saturated heterocycles. The number of hydrogen-bond donors (Lipinski definition) is 0. The van der Waals surface area contributed by atoms with Gasteiger partial charge in [0.2, 0.25) is 0 Å². The summed E-state index contributed by atoms with van der Waals surface area (Å²) < 4.78 is 11.3. The van der Waals surface area contributed by atoms with Crippen LogP contribution in [0.4, 0.5) is 0 Å². The number of ether oxygens (including phenoxy) is 2. The topological polar surface area (TPSA) is 42.2 Å². The molecular weight excluding hydrogens is 226 g/mol. The molecule has 0 aliphatic heterocycles. The third-order valence-corrected chi connectivity index (χ3v) is 3.39. The third kappa shape index (κ3) is 3.16. The van der Waals surface area contributed by atoms with Gasteiger partial charge in [0.25, 0.3) is 0 Å². The Bertz CT molecular complexity index is 429. The molecule has 0 heterocycles. The van der Waals surface area contributed by atoms with E-state index >= 15 is 0 Å². The second-order valence-corrected chi connectivity index (χ2v) is 4.71. The van der Waals surface area contributed by atoms with E-state index in [-0.39, 0.29) is 6.10 Å². The molecule has 1 aromatic rings. The lowest BCUT2D eigenvalue weighted by molar-refractivity contribution is 0.176. The summed E-state index contributed by atoms with van der Waals surface area (Å²) >= 11 is 0. The first kappa shape index (κ1) is 12.8. The van der Waals surface area contributed by atoms with E-state index in [1.807, 2.05) is 0 Å². The molecule has 18 heavy (non-hydrogen) atoms. The number of benzene rings is 1. The summed E-state index contributed by atoms with van der Waals surface area (Å²) in [6.45, 7) is 0. The van der Waals surface area contributed by atoms with Gasteiger partial charge >= 0.3 is 0 Å². The summed E-state index contributed by atoms with van der Waals surface area (Å²) in [5.74, 6) is 1.40. The zero-order chi connectivity index (χ0) is 12.8. The quantitative estimate of drug-likeness (QED) is 0.763. The fourth-order valence-electron chi connectivity index (χ4n) is 2.38. The number of rotatable bonds is 3. The van der Waals surface area contributed by atoms with Gasteiger partial charge in [-0.3, -0.25) is 0 Å². The maximum absolute atomic E-state index is 8.93. The Labute approximate surface area is 108 Å². The molecule has 3 nitrogen and oxygen atoms in total. The van der Waals surface area contributed by atoms with E-state index in [1.54, 1.807) is 25.3 Å². The van der Waals surface area contributed by atoms with Crippen molar-refractivity contribution in [3.05, 3.63) is 23.8 Å². The average Bonchev–Trinajstić information content (AvgIpc) is 2.67. The van der Waals surface area contributed by atoms with Crippen molar-refractivity contribution in [1.82, 2.24) is 0 Å². The van der Waals surface area contributed by atoms with Crippen molar-refractivity contribution in [1.29, 1.82) is 5.26 Å². The van der Waals surface area contributed by atoms with Gasteiger partial charge in [0.15, 0.2) is 11.5 Å².